The van der Waals surface area contributed by atoms with Crippen molar-refractivity contribution >= 4 is 18.0 Å². The van der Waals surface area contributed by atoms with Gasteiger partial charge in [-0.15, -0.1) is 0 Å². The van der Waals surface area contributed by atoms with Gasteiger partial charge in [0.2, 0.25) is 5.95 Å². The summed E-state index contributed by atoms with van der Waals surface area (Å²) in [5.41, 5.74) is -1.05. The Balaban J connectivity index is 2.23. The molecule has 1 saturated heterocycles. The molecule has 0 spiro atoms. The largest absolute Gasteiger partial charge is 0.476 e. The first-order valence-corrected chi connectivity index (χ1v) is 5.94. The smallest absolute Gasteiger partial charge is 0.357 e. The molecule has 0 aromatic carbocycles. The van der Waals surface area contributed by atoms with Gasteiger partial charge in [0.25, 0.3) is 0 Å². The number of hydrogen-bond donors (Lipinski definition) is 1. The van der Waals surface area contributed by atoms with Gasteiger partial charge < -0.3 is 10.0 Å². The van der Waals surface area contributed by atoms with E-state index in [0.717, 1.165) is 6.42 Å². The number of fused-ring (bicyclic) bond motifs is 3. The average Bonchev–Trinajstić information content (AvgIpc) is 2.74. The molecule has 2 atom stereocenters. The number of carboxylic acid groups (broad SMARTS) is 1. The molecule has 1 N–H and O–H groups in total. The van der Waals surface area contributed by atoms with Gasteiger partial charge in [-0.1, -0.05) is 0 Å². The molecule has 5 nitrogen and oxygen atoms in total. The molecule has 0 radical (unpaired) electrons. The maximum atomic E-state index is 14.2. The van der Waals surface area contributed by atoms with Crippen LogP contribution in [0.4, 0.5) is 14.5 Å². The van der Waals surface area contributed by atoms with Crippen LogP contribution in [0, 0.1) is 11.8 Å². The highest BCUT2D eigenvalue weighted by molar-refractivity contribution is 5.87. The monoisotopic (exact) mass is 267 g/mol. The Bertz CT molecular complexity index is 603. The summed E-state index contributed by atoms with van der Waals surface area (Å²) in [5.74, 6) is -3.60. The van der Waals surface area contributed by atoms with Crippen molar-refractivity contribution in [3.8, 4) is 0 Å². The van der Waals surface area contributed by atoms with Crippen LogP contribution in [0.1, 0.15) is 41.9 Å². The quantitative estimate of drug-likeness (QED) is 0.792. The average molecular weight is 267 g/mol. The van der Waals surface area contributed by atoms with Crippen LogP contribution in [0.25, 0.3) is 0 Å². The second kappa shape index (κ2) is 3.97. The van der Waals surface area contributed by atoms with Crippen molar-refractivity contribution in [3.63, 3.8) is 0 Å². The van der Waals surface area contributed by atoms with Crippen LogP contribution >= 0.6 is 0 Å². The number of nitrogens with zero attached hydrogens (tertiary/aromatic N) is 3. The van der Waals surface area contributed by atoms with Crippen LogP contribution in [0.15, 0.2) is 4.99 Å². The standard InChI is InChI=1S/C12H11F2N3O2/c1-5-2-3-6-7-8(13)10(12(18)19)16-11(14)9(7)15-4-17(5)6/h4-6H,2-3H2,1H3,(H,18,19). The van der Waals surface area contributed by atoms with E-state index in [-0.39, 0.29) is 23.3 Å². The van der Waals surface area contributed by atoms with Crippen molar-refractivity contribution < 1.29 is 18.7 Å². The zero-order valence-electron chi connectivity index (χ0n) is 10.1. The summed E-state index contributed by atoms with van der Waals surface area (Å²) in [6.45, 7) is 1.96. The minimum Gasteiger partial charge on any atom is -0.476 e. The molecule has 1 aromatic rings. The van der Waals surface area contributed by atoms with Gasteiger partial charge in [0.15, 0.2) is 11.5 Å². The number of carbonyl (C=O) groups is 1. The molecule has 100 valence electrons. The van der Waals surface area contributed by atoms with E-state index in [4.69, 9.17) is 5.11 Å². The van der Waals surface area contributed by atoms with Crippen LogP contribution in [0.3, 0.4) is 0 Å². The summed E-state index contributed by atoms with van der Waals surface area (Å²) in [6, 6.07) is -0.191. The minimum atomic E-state index is -1.58. The lowest BCUT2D eigenvalue weighted by molar-refractivity contribution is 0.0682. The lowest BCUT2D eigenvalue weighted by atomic mass is 10.0. The minimum absolute atomic E-state index is 0.0109. The van der Waals surface area contributed by atoms with Gasteiger partial charge in [-0.2, -0.15) is 4.39 Å². The van der Waals surface area contributed by atoms with Gasteiger partial charge in [-0.25, -0.2) is 19.2 Å². The maximum absolute atomic E-state index is 14.2. The lowest BCUT2D eigenvalue weighted by Gasteiger charge is -2.30. The van der Waals surface area contributed by atoms with Crippen molar-refractivity contribution in [2.24, 2.45) is 4.99 Å². The van der Waals surface area contributed by atoms with E-state index in [9.17, 15) is 13.6 Å². The molecule has 7 heteroatoms. The molecule has 0 amide bonds. The lowest BCUT2D eigenvalue weighted by Crippen LogP contribution is -2.31. The first-order valence-electron chi connectivity index (χ1n) is 5.94. The molecular formula is C12H11F2N3O2. The highest BCUT2D eigenvalue weighted by Crippen LogP contribution is 2.44. The summed E-state index contributed by atoms with van der Waals surface area (Å²) in [4.78, 5) is 19.7. The summed E-state index contributed by atoms with van der Waals surface area (Å²) >= 11 is 0. The molecule has 2 aliphatic rings. The summed E-state index contributed by atoms with van der Waals surface area (Å²) in [7, 11) is 0. The number of aromatic nitrogens is 1. The first-order chi connectivity index (χ1) is 9.00. The number of pyridine rings is 1. The second-order valence-electron chi connectivity index (χ2n) is 4.77. The van der Waals surface area contributed by atoms with E-state index in [2.05, 4.69) is 9.98 Å². The zero-order valence-corrected chi connectivity index (χ0v) is 10.1. The molecule has 19 heavy (non-hydrogen) atoms. The molecule has 1 fully saturated rings. The number of aromatic carboxylic acids is 1. The number of rotatable bonds is 1. The van der Waals surface area contributed by atoms with E-state index in [0.29, 0.717) is 6.42 Å². The molecule has 2 aliphatic heterocycles. The Hall–Kier alpha value is -2.05. The van der Waals surface area contributed by atoms with E-state index in [1.165, 1.54) is 6.34 Å². The number of hydrogen-bond acceptors (Lipinski definition) is 4. The Morgan fingerprint density at radius 1 is 1.47 bits per heavy atom. The fraction of sp³-hybridized carbons (Fsp3) is 0.417. The second-order valence-corrected chi connectivity index (χ2v) is 4.77. The van der Waals surface area contributed by atoms with Crippen LogP contribution in [-0.4, -0.2) is 33.3 Å². The van der Waals surface area contributed by atoms with Gasteiger partial charge in [-0.05, 0) is 19.8 Å². The van der Waals surface area contributed by atoms with Crippen LogP contribution in [-0.2, 0) is 0 Å². The summed E-state index contributed by atoms with van der Waals surface area (Å²) < 4.78 is 28.0. The number of aliphatic imine (C=N–C) groups is 1. The third-order valence-electron chi connectivity index (χ3n) is 3.69. The number of carboxylic acids is 1. The number of halogens is 2. The van der Waals surface area contributed by atoms with Gasteiger partial charge in [0, 0.05) is 11.6 Å². The van der Waals surface area contributed by atoms with Crippen LogP contribution in [0.2, 0.25) is 0 Å². The molecule has 3 heterocycles. The molecule has 2 unspecified atom stereocenters. The van der Waals surface area contributed by atoms with Crippen molar-refractivity contribution in [2.75, 3.05) is 0 Å². The highest BCUT2D eigenvalue weighted by atomic mass is 19.1. The fourth-order valence-corrected chi connectivity index (χ4v) is 2.73. The Kier molecular flexibility index (Phi) is 2.51. The van der Waals surface area contributed by atoms with Crippen LogP contribution < -0.4 is 0 Å². The Morgan fingerprint density at radius 2 is 2.21 bits per heavy atom. The Morgan fingerprint density at radius 3 is 2.89 bits per heavy atom. The normalized spacial score (nSPS) is 24.3. The third kappa shape index (κ3) is 1.61. The molecule has 0 saturated carbocycles. The van der Waals surface area contributed by atoms with E-state index in [1.54, 1.807) is 0 Å². The van der Waals surface area contributed by atoms with Crippen molar-refractivity contribution in [3.05, 3.63) is 23.0 Å². The maximum Gasteiger partial charge on any atom is 0.357 e. The molecule has 3 rings (SSSR count). The van der Waals surface area contributed by atoms with E-state index >= 15 is 0 Å². The summed E-state index contributed by atoms with van der Waals surface area (Å²) in [5, 5.41) is 8.86. The molecule has 1 aromatic heterocycles. The predicted molar refractivity (Wildman–Crippen MR) is 62.5 cm³/mol. The van der Waals surface area contributed by atoms with Crippen molar-refractivity contribution in [1.82, 2.24) is 9.88 Å². The van der Waals surface area contributed by atoms with E-state index < -0.39 is 23.4 Å². The third-order valence-corrected chi connectivity index (χ3v) is 3.69. The zero-order chi connectivity index (χ0) is 13.7. The van der Waals surface area contributed by atoms with Gasteiger partial charge in [0.1, 0.15) is 5.69 Å². The van der Waals surface area contributed by atoms with Gasteiger partial charge in [-0.3, -0.25) is 0 Å². The van der Waals surface area contributed by atoms with Gasteiger partial charge >= 0.3 is 5.97 Å². The first kappa shape index (κ1) is 12.0. The van der Waals surface area contributed by atoms with E-state index in [1.807, 2.05) is 11.8 Å². The predicted octanol–water partition coefficient (Wildman–Crippen LogP) is 2.26. The fourth-order valence-electron chi connectivity index (χ4n) is 2.73. The van der Waals surface area contributed by atoms with Gasteiger partial charge in [0.05, 0.1) is 12.4 Å². The highest BCUT2D eigenvalue weighted by Gasteiger charge is 2.38. The Labute approximate surface area is 107 Å². The summed E-state index contributed by atoms with van der Waals surface area (Å²) in [6.07, 6.45) is 2.94. The van der Waals surface area contributed by atoms with Crippen molar-refractivity contribution in [2.45, 2.75) is 31.8 Å². The molecule has 0 aliphatic carbocycles. The molecule has 0 bridgehead atoms. The van der Waals surface area contributed by atoms with Crippen LogP contribution in [0.5, 0.6) is 0 Å². The molecular weight excluding hydrogens is 256 g/mol. The van der Waals surface area contributed by atoms with Crippen molar-refractivity contribution in [1.29, 1.82) is 0 Å². The SMILES string of the molecule is CC1CCC2c3c(F)c(C(=O)O)nc(F)c3N=CN12. The topological polar surface area (TPSA) is 65.8 Å².